The van der Waals surface area contributed by atoms with Crippen LogP contribution in [0.4, 0.5) is 11.6 Å². The Labute approximate surface area is 153 Å². The molecule has 0 bridgehead atoms. The summed E-state index contributed by atoms with van der Waals surface area (Å²) < 4.78 is 5.20. The van der Waals surface area contributed by atoms with Crippen molar-refractivity contribution in [2.45, 2.75) is 20.8 Å². The van der Waals surface area contributed by atoms with Crippen LogP contribution in [0.2, 0.25) is 0 Å². The monoisotopic (exact) mass is 347 g/mol. The average molecular weight is 347 g/mol. The molecule has 0 spiro atoms. The van der Waals surface area contributed by atoms with E-state index in [1.54, 1.807) is 13.8 Å². The summed E-state index contributed by atoms with van der Waals surface area (Å²) in [5.74, 6) is 0.0315. The summed E-state index contributed by atoms with van der Waals surface area (Å²) in [7, 11) is 0. The summed E-state index contributed by atoms with van der Waals surface area (Å²) in [5, 5.41) is 3.21. The van der Waals surface area contributed by atoms with E-state index in [1.165, 1.54) is 5.56 Å². The number of hydrogen-bond acceptors (Lipinski definition) is 5. The minimum absolute atomic E-state index is 0.301. The van der Waals surface area contributed by atoms with Crippen LogP contribution in [0.5, 0.6) is 0 Å². The second kappa shape index (κ2) is 7.78. The minimum atomic E-state index is -0.411. The Morgan fingerprint density at radius 2 is 1.69 bits per heavy atom. The molecule has 3 rings (SSSR count). The quantitative estimate of drug-likeness (QED) is 0.679. The number of nitrogens with zero attached hydrogens (tertiary/aromatic N) is 2. The number of nitrogens with one attached hydrogen (secondary N) is 1. The molecule has 0 unspecified atom stereocenters. The predicted octanol–water partition coefficient (Wildman–Crippen LogP) is 4.68. The Bertz CT molecular complexity index is 907. The highest BCUT2D eigenvalue weighted by atomic mass is 16.5. The molecular weight excluding hydrogens is 326 g/mol. The number of aryl methyl sites for hydroxylation is 2. The highest BCUT2D eigenvalue weighted by molar-refractivity contribution is 5.97. The molecule has 1 heterocycles. The van der Waals surface area contributed by atoms with Crippen molar-refractivity contribution in [3.05, 3.63) is 71.4 Å². The molecule has 0 aliphatic heterocycles. The lowest BCUT2D eigenvalue weighted by molar-refractivity contribution is 0.0525. The van der Waals surface area contributed by atoms with E-state index in [9.17, 15) is 4.79 Å². The molecule has 0 saturated carbocycles. The highest BCUT2D eigenvalue weighted by Gasteiger charge is 2.21. The summed E-state index contributed by atoms with van der Waals surface area (Å²) in [6.45, 7) is 5.91. The van der Waals surface area contributed by atoms with Gasteiger partial charge in [-0.3, -0.25) is 0 Å². The number of esters is 1. The third kappa shape index (κ3) is 3.88. The molecule has 2 aromatic carbocycles. The Kier molecular flexibility index (Phi) is 5.27. The Morgan fingerprint density at radius 1 is 1.00 bits per heavy atom. The lowest BCUT2D eigenvalue weighted by atomic mass is 10.0. The van der Waals surface area contributed by atoms with Crippen LogP contribution in [0.1, 0.15) is 28.5 Å². The third-order valence-electron chi connectivity index (χ3n) is 3.92. The lowest BCUT2D eigenvalue weighted by Crippen LogP contribution is -2.13. The Balaban J connectivity index is 2.07. The number of aromatic nitrogens is 2. The largest absolute Gasteiger partial charge is 0.462 e. The first-order chi connectivity index (χ1) is 12.6. The standard InChI is InChI=1S/C21H21N3O2/c1-4-26-20(25)18-15(3)22-21(23-17-12-10-14(2)11-13-17)24-19(18)16-8-6-5-7-9-16/h5-13H,4H2,1-3H3,(H,22,23,24). The van der Waals surface area contributed by atoms with Gasteiger partial charge in [0, 0.05) is 11.3 Å². The topological polar surface area (TPSA) is 64.1 Å². The molecule has 0 saturated heterocycles. The van der Waals surface area contributed by atoms with E-state index in [0.717, 1.165) is 11.3 Å². The summed E-state index contributed by atoms with van der Waals surface area (Å²) in [5.41, 5.74) is 4.44. The highest BCUT2D eigenvalue weighted by Crippen LogP contribution is 2.26. The number of rotatable bonds is 5. The summed E-state index contributed by atoms with van der Waals surface area (Å²) in [4.78, 5) is 21.5. The number of ether oxygens (including phenoxy) is 1. The Morgan fingerprint density at radius 3 is 2.35 bits per heavy atom. The number of anilines is 2. The summed E-state index contributed by atoms with van der Waals surface area (Å²) in [6.07, 6.45) is 0. The van der Waals surface area contributed by atoms with Gasteiger partial charge < -0.3 is 10.1 Å². The van der Waals surface area contributed by atoms with Gasteiger partial charge >= 0.3 is 5.97 Å². The van der Waals surface area contributed by atoms with Gasteiger partial charge in [0.15, 0.2) is 0 Å². The van der Waals surface area contributed by atoms with Crippen LogP contribution >= 0.6 is 0 Å². The fourth-order valence-electron chi connectivity index (χ4n) is 2.65. The molecule has 0 fully saturated rings. The molecule has 0 atom stereocenters. The van der Waals surface area contributed by atoms with Gasteiger partial charge in [-0.05, 0) is 32.9 Å². The van der Waals surface area contributed by atoms with Crippen LogP contribution < -0.4 is 5.32 Å². The van der Waals surface area contributed by atoms with Gasteiger partial charge in [0.1, 0.15) is 5.56 Å². The Hall–Kier alpha value is -3.21. The summed E-state index contributed by atoms with van der Waals surface area (Å²) in [6, 6.07) is 17.5. The van der Waals surface area contributed by atoms with E-state index in [1.807, 2.05) is 61.5 Å². The molecule has 26 heavy (non-hydrogen) atoms. The molecule has 5 nitrogen and oxygen atoms in total. The van der Waals surface area contributed by atoms with Crippen molar-refractivity contribution in [1.82, 2.24) is 9.97 Å². The zero-order chi connectivity index (χ0) is 18.5. The minimum Gasteiger partial charge on any atom is -0.462 e. The van der Waals surface area contributed by atoms with Gasteiger partial charge in [-0.25, -0.2) is 14.8 Å². The maximum absolute atomic E-state index is 12.4. The van der Waals surface area contributed by atoms with E-state index in [4.69, 9.17) is 4.74 Å². The van der Waals surface area contributed by atoms with Crippen LogP contribution in [-0.4, -0.2) is 22.5 Å². The van der Waals surface area contributed by atoms with Gasteiger partial charge in [0.2, 0.25) is 5.95 Å². The molecule has 0 amide bonds. The number of carbonyl (C=O) groups excluding carboxylic acids is 1. The first-order valence-electron chi connectivity index (χ1n) is 8.53. The van der Waals surface area contributed by atoms with E-state index in [0.29, 0.717) is 29.5 Å². The fourth-order valence-corrected chi connectivity index (χ4v) is 2.65. The molecule has 5 heteroatoms. The predicted molar refractivity (Wildman–Crippen MR) is 103 cm³/mol. The van der Waals surface area contributed by atoms with E-state index in [-0.39, 0.29) is 0 Å². The van der Waals surface area contributed by atoms with Crippen LogP contribution in [0.25, 0.3) is 11.3 Å². The lowest BCUT2D eigenvalue weighted by Gasteiger charge is -2.13. The van der Waals surface area contributed by atoms with E-state index < -0.39 is 5.97 Å². The van der Waals surface area contributed by atoms with Crippen LogP contribution in [0.15, 0.2) is 54.6 Å². The van der Waals surface area contributed by atoms with Crippen molar-refractivity contribution < 1.29 is 9.53 Å². The van der Waals surface area contributed by atoms with Crippen molar-refractivity contribution in [2.24, 2.45) is 0 Å². The fraction of sp³-hybridized carbons (Fsp3) is 0.190. The van der Waals surface area contributed by atoms with Crippen LogP contribution in [-0.2, 0) is 4.74 Å². The zero-order valence-electron chi connectivity index (χ0n) is 15.1. The van der Waals surface area contributed by atoms with Gasteiger partial charge in [-0.2, -0.15) is 0 Å². The molecule has 1 N–H and O–H groups in total. The van der Waals surface area contributed by atoms with Crippen molar-refractivity contribution in [1.29, 1.82) is 0 Å². The first kappa shape index (κ1) is 17.6. The second-order valence-electron chi connectivity index (χ2n) is 5.93. The zero-order valence-corrected chi connectivity index (χ0v) is 15.1. The molecule has 0 radical (unpaired) electrons. The van der Waals surface area contributed by atoms with E-state index in [2.05, 4.69) is 15.3 Å². The number of benzene rings is 2. The second-order valence-corrected chi connectivity index (χ2v) is 5.93. The molecule has 3 aromatic rings. The molecule has 132 valence electrons. The number of carbonyl (C=O) groups is 1. The van der Waals surface area contributed by atoms with Gasteiger partial charge in [0.25, 0.3) is 0 Å². The van der Waals surface area contributed by atoms with Gasteiger partial charge in [-0.1, -0.05) is 48.0 Å². The van der Waals surface area contributed by atoms with Gasteiger partial charge in [0.05, 0.1) is 18.0 Å². The van der Waals surface area contributed by atoms with Crippen molar-refractivity contribution in [3.8, 4) is 11.3 Å². The molecule has 0 aliphatic carbocycles. The molecular formula is C21H21N3O2. The average Bonchev–Trinajstić information content (AvgIpc) is 2.64. The maximum atomic E-state index is 12.4. The number of hydrogen-bond donors (Lipinski definition) is 1. The molecule has 0 aliphatic rings. The van der Waals surface area contributed by atoms with Crippen molar-refractivity contribution >= 4 is 17.6 Å². The smallest absolute Gasteiger partial charge is 0.342 e. The van der Waals surface area contributed by atoms with Crippen LogP contribution in [0.3, 0.4) is 0 Å². The molecule has 1 aromatic heterocycles. The third-order valence-corrected chi connectivity index (χ3v) is 3.92. The van der Waals surface area contributed by atoms with Gasteiger partial charge in [-0.15, -0.1) is 0 Å². The van der Waals surface area contributed by atoms with Crippen molar-refractivity contribution in [3.63, 3.8) is 0 Å². The normalized spacial score (nSPS) is 10.4. The summed E-state index contributed by atoms with van der Waals surface area (Å²) >= 11 is 0. The van der Waals surface area contributed by atoms with Crippen LogP contribution in [0, 0.1) is 13.8 Å². The van der Waals surface area contributed by atoms with E-state index >= 15 is 0 Å². The SMILES string of the molecule is CCOC(=O)c1c(C)nc(Nc2ccc(C)cc2)nc1-c1ccccc1. The first-order valence-corrected chi connectivity index (χ1v) is 8.53. The maximum Gasteiger partial charge on any atom is 0.342 e. The van der Waals surface area contributed by atoms with Crippen molar-refractivity contribution in [2.75, 3.05) is 11.9 Å².